The third-order valence-electron chi connectivity index (χ3n) is 7.25. The van der Waals surface area contributed by atoms with Crippen molar-refractivity contribution in [1.82, 2.24) is 30.5 Å². The van der Waals surface area contributed by atoms with Crippen LogP contribution in [-0.4, -0.2) is 98.2 Å². The van der Waals surface area contributed by atoms with Crippen molar-refractivity contribution in [3.63, 3.8) is 0 Å². The van der Waals surface area contributed by atoms with Crippen molar-refractivity contribution < 1.29 is 31.4 Å². The number of nitrogen functional groups attached to an aromatic ring is 1. The lowest BCUT2D eigenvalue weighted by molar-refractivity contribution is -0.138. The number of anilines is 1. The number of rotatable bonds is 17. The van der Waals surface area contributed by atoms with Crippen LogP contribution in [0.3, 0.4) is 0 Å². The number of halogens is 1. The van der Waals surface area contributed by atoms with E-state index in [-0.39, 0.29) is 56.4 Å². The van der Waals surface area contributed by atoms with Gasteiger partial charge in [-0.25, -0.2) is 0 Å². The van der Waals surface area contributed by atoms with Gasteiger partial charge in [-0.05, 0) is 41.6 Å². The summed E-state index contributed by atoms with van der Waals surface area (Å²) in [5, 5.41) is 10.1. The number of azide groups is 1. The van der Waals surface area contributed by atoms with E-state index in [9.17, 15) is 26.7 Å². The van der Waals surface area contributed by atoms with Gasteiger partial charge in [-0.1, -0.05) is 17.2 Å². The number of nitrogens with two attached hydrogens (primary N) is 1. The van der Waals surface area contributed by atoms with E-state index in [1.54, 1.807) is 6.20 Å². The molecule has 0 unspecified atom stereocenters. The largest absolute Gasteiger partial charge is 0.378 e. The number of hydrogen-bond donors (Lipinski definition) is 5. The number of nitrogens with zero attached hydrogens (tertiary/aromatic N) is 5. The Hall–Kier alpha value is -4.55. The fourth-order valence-electron chi connectivity index (χ4n) is 5.02. The van der Waals surface area contributed by atoms with E-state index in [2.05, 4.69) is 35.6 Å². The SMILES string of the molecule is [N-]=[N+]=N[C@H]1C[C@@H](C(=O)NCCOCCOCCNCc2c[nH]c3nc(N)[nH]c(=O)c23)N(C(=O)CCc2ccc(S(=O)(=O)F)cc2)C1. The first-order valence-electron chi connectivity index (χ1n) is 14.4. The topological polar surface area (TPSA) is 250 Å². The Labute approximate surface area is 262 Å². The Kier molecular flexibility index (Phi) is 12.0. The van der Waals surface area contributed by atoms with Crippen LogP contribution in [0.1, 0.15) is 24.0 Å². The molecule has 4 rings (SSSR count). The maximum atomic E-state index is 13.1. The van der Waals surface area contributed by atoms with Gasteiger partial charge in [0.1, 0.15) is 11.7 Å². The molecule has 1 aromatic carbocycles. The molecule has 6 N–H and O–H groups in total. The van der Waals surface area contributed by atoms with E-state index in [1.807, 2.05) is 0 Å². The van der Waals surface area contributed by atoms with Gasteiger partial charge < -0.3 is 35.7 Å². The molecule has 1 aliphatic heterocycles. The van der Waals surface area contributed by atoms with Gasteiger partial charge >= 0.3 is 10.2 Å². The van der Waals surface area contributed by atoms with Crippen LogP contribution in [0.4, 0.5) is 9.83 Å². The summed E-state index contributed by atoms with van der Waals surface area (Å²) in [4.78, 5) is 51.1. The van der Waals surface area contributed by atoms with E-state index < -0.39 is 33.1 Å². The first-order chi connectivity index (χ1) is 22.1. The smallest absolute Gasteiger partial charge is 0.332 e. The number of H-pyrrole nitrogens is 2. The van der Waals surface area contributed by atoms with Gasteiger partial charge in [0.2, 0.25) is 17.8 Å². The van der Waals surface area contributed by atoms with Gasteiger partial charge in [0.15, 0.2) is 0 Å². The number of ether oxygens (including phenoxy) is 2. The molecule has 0 saturated carbocycles. The van der Waals surface area contributed by atoms with Crippen LogP contribution in [0.2, 0.25) is 0 Å². The minimum atomic E-state index is -4.82. The number of aryl methyl sites for hydroxylation is 1. The molecule has 1 fully saturated rings. The summed E-state index contributed by atoms with van der Waals surface area (Å²) in [5.41, 5.74) is 15.9. The first kappa shape index (κ1) is 34.3. The van der Waals surface area contributed by atoms with Crippen LogP contribution in [0.5, 0.6) is 0 Å². The number of likely N-dealkylation sites (tertiary alicyclic amines) is 1. The zero-order chi connectivity index (χ0) is 33.1. The molecule has 2 atom stereocenters. The summed E-state index contributed by atoms with van der Waals surface area (Å²) in [6.07, 6.45) is 2.14. The number of aromatic nitrogens is 3. The second kappa shape index (κ2) is 16.1. The Morgan fingerprint density at radius 3 is 2.59 bits per heavy atom. The van der Waals surface area contributed by atoms with E-state index in [4.69, 9.17) is 20.7 Å². The van der Waals surface area contributed by atoms with Crippen molar-refractivity contribution in [2.24, 2.45) is 5.11 Å². The molecule has 2 amide bonds. The predicted octanol–water partition coefficient (Wildman–Crippen LogP) is 0.643. The van der Waals surface area contributed by atoms with Crippen LogP contribution < -0.4 is 21.9 Å². The van der Waals surface area contributed by atoms with Gasteiger partial charge in [-0.2, -0.15) is 13.4 Å². The molecule has 1 aliphatic rings. The standard InChI is InChI=1S/C27H35FN10O7S/c28-46(42,43)20-4-1-17(2-5-20)3-6-22(39)38-16-19(36-37-30)13-21(38)25(40)32-8-10-45-12-11-44-9-7-31-14-18-15-33-24-23(18)26(41)35-27(29)34-24/h1-2,4-5,15,19,21,31H,3,6-14,16H2,(H,32,40)(H4,29,33,34,35,41)/t19-,21-/m0/s1. The van der Waals surface area contributed by atoms with Gasteiger partial charge in [-0.3, -0.25) is 19.4 Å². The van der Waals surface area contributed by atoms with Crippen molar-refractivity contribution >= 4 is 39.0 Å². The Bertz CT molecular complexity index is 1720. The highest BCUT2D eigenvalue weighted by molar-refractivity contribution is 7.86. The van der Waals surface area contributed by atoms with Crippen LogP contribution in [0, 0.1) is 0 Å². The molecular weight excluding hydrogens is 627 g/mol. The molecule has 3 heterocycles. The number of hydrogen-bond acceptors (Lipinski definition) is 11. The predicted molar refractivity (Wildman–Crippen MR) is 164 cm³/mol. The maximum absolute atomic E-state index is 13.1. The summed E-state index contributed by atoms with van der Waals surface area (Å²) in [7, 11) is -4.82. The quantitative estimate of drug-likeness (QED) is 0.0443. The van der Waals surface area contributed by atoms with Crippen molar-refractivity contribution in [3.8, 4) is 0 Å². The van der Waals surface area contributed by atoms with Gasteiger partial charge in [0.05, 0.1) is 42.8 Å². The van der Waals surface area contributed by atoms with Crippen LogP contribution in [0.25, 0.3) is 21.5 Å². The normalized spacial score (nSPS) is 16.4. The summed E-state index contributed by atoms with van der Waals surface area (Å²) in [6, 6.07) is 3.71. The average molecular weight is 663 g/mol. The fraction of sp³-hybridized carbons (Fsp3) is 0.481. The van der Waals surface area contributed by atoms with E-state index >= 15 is 0 Å². The highest BCUT2D eigenvalue weighted by Crippen LogP contribution is 2.23. The molecule has 0 bridgehead atoms. The maximum Gasteiger partial charge on any atom is 0.332 e. The second-order valence-corrected chi connectivity index (χ2v) is 11.8. The summed E-state index contributed by atoms with van der Waals surface area (Å²) >= 11 is 0. The summed E-state index contributed by atoms with van der Waals surface area (Å²) in [5.74, 6) is -0.690. The number of carbonyl (C=O) groups excluding carboxylic acids is 2. The van der Waals surface area contributed by atoms with Gasteiger partial charge in [0, 0.05) is 43.7 Å². The minimum absolute atomic E-state index is 0.0169. The molecule has 17 nitrogen and oxygen atoms in total. The fourth-order valence-corrected chi connectivity index (χ4v) is 5.48. The molecular formula is C27H35FN10O7S. The van der Waals surface area contributed by atoms with Crippen LogP contribution in [-0.2, 0) is 42.3 Å². The van der Waals surface area contributed by atoms with E-state index in [1.165, 1.54) is 17.0 Å². The van der Waals surface area contributed by atoms with Gasteiger partial charge in [0.25, 0.3) is 5.56 Å². The van der Waals surface area contributed by atoms with Crippen molar-refractivity contribution in [1.29, 1.82) is 0 Å². The Morgan fingerprint density at radius 2 is 1.89 bits per heavy atom. The molecule has 2 aromatic heterocycles. The monoisotopic (exact) mass is 662 g/mol. The summed E-state index contributed by atoms with van der Waals surface area (Å²) < 4.78 is 46.1. The Morgan fingerprint density at radius 1 is 1.17 bits per heavy atom. The average Bonchev–Trinajstić information content (AvgIpc) is 3.63. The van der Waals surface area contributed by atoms with Crippen molar-refractivity contribution in [2.45, 2.75) is 42.8 Å². The van der Waals surface area contributed by atoms with Crippen LogP contribution >= 0.6 is 0 Å². The second-order valence-electron chi connectivity index (χ2n) is 10.4. The Balaban J connectivity index is 1.11. The number of carbonyl (C=O) groups is 2. The molecule has 1 saturated heterocycles. The zero-order valence-corrected chi connectivity index (χ0v) is 25.6. The lowest BCUT2D eigenvalue weighted by Crippen LogP contribution is -2.46. The number of amides is 2. The molecule has 0 spiro atoms. The molecule has 19 heteroatoms. The molecule has 3 aromatic rings. The lowest BCUT2D eigenvalue weighted by atomic mass is 10.1. The minimum Gasteiger partial charge on any atom is -0.378 e. The third kappa shape index (κ3) is 9.48. The summed E-state index contributed by atoms with van der Waals surface area (Å²) in [6.45, 7) is 2.51. The number of aromatic amines is 2. The first-order valence-corrected chi connectivity index (χ1v) is 15.8. The number of benzene rings is 1. The third-order valence-corrected chi connectivity index (χ3v) is 8.08. The molecule has 0 aliphatic carbocycles. The van der Waals surface area contributed by atoms with E-state index in [0.29, 0.717) is 49.5 Å². The number of fused-ring (bicyclic) bond motifs is 1. The highest BCUT2D eigenvalue weighted by atomic mass is 32.3. The lowest BCUT2D eigenvalue weighted by Gasteiger charge is -2.24. The molecule has 248 valence electrons. The van der Waals surface area contributed by atoms with Crippen molar-refractivity contribution in [2.75, 3.05) is 51.8 Å². The molecule has 0 radical (unpaired) electrons. The van der Waals surface area contributed by atoms with Gasteiger partial charge in [-0.15, -0.1) is 3.89 Å². The van der Waals surface area contributed by atoms with Crippen LogP contribution in [0.15, 0.2) is 45.3 Å². The number of nitrogens with one attached hydrogen (secondary N) is 4. The zero-order valence-electron chi connectivity index (χ0n) is 24.8. The van der Waals surface area contributed by atoms with E-state index in [0.717, 1.165) is 17.7 Å². The molecule has 46 heavy (non-hydrogen) atoms. The highest BCUT2D eigenvalue weighted by Gasteiger charge is 2.38. The van der Waals surface area contributed by atoms with Crippen molar-refractivity contribution in [3.05, 3.63) is 62.4 Å².